The number of nitrogens with zero attached hydrogens (tertiary/aromatic N) is 1. The first-order chi connectivity index (χ1) is 12.6. The van der Waals surface area contributed by atoms with Crippen molar-refractivity contribution < 1.29 is 13.2 Å². The first kappa shape index (κ1) is 20.2. The van der Waals surface area contributed by atoms with Crippen molar-refractivity contribution in [2.45, 2.75) is 69.6 Å². The quantitative estimate of drug-likeness (QED) is 0.345. The van der Waals surface area contributed by atoms with Gasteiger partial charge in [0, 0.05) is 36.6 Å². The molecular formula is C19H32IN3O3S. The third-order valence-corrected chi connectivity index (χ3v) is 9.17. The van der Waals surface area contributed by atoms with Crippen LogP contribution in [0.25, 0.3) is 0 Å². The number of ether oxygens (including phenoxy) is 1. The molecule has 5 rings (SSSR count). The number of hydrogen-bond acceptors (Lipinski definition) is 4. The molecule has 27 heavy (non-hydrogen) atoms. The van der Waals surface area contributed by atoms with Crippen molar-refractivity contribution >= 4 is 39.8 Å². The van der Waals surface area contributed by atoms with Gasteiger partial charge in [-0.25, -0.2) is 8.42 Å². The molecule has 3 saturated carbocycles. The molecule has 4 unspecified atom stereocenters. The Labute approximate surface area is 179 Å². The standard InChI is InChI=1S/C19H31N3O3S.HI/c23-26(24)10-6-13(12-26)11-20-18(21-14-3-4-14)22-16-15-5-9-25-17(15)19(16)7-1-2-8-19;/h13-17H,1-12H2,(H2,20,21,22);1H. The first-order valence-corrected chi connectivity index (χ1v) is 12.3. The van der Waals surface area contributed by atoms with Gasteiger partial charge in [0.2, 0.25) is 0 Å². The average Bonchev–Trinajstić information content (AvgIpc) is 3.03. The van der Waals surface area contributed by atoms with E-state index in [1.165, 1.54) is 38.5 Å². The lowest BCUT2D eigenvalue weighted by Gasteiger charge is -2.57. The third kappa shape index (κ3) is 3.86. The number of aliphatic imine (C=N–C) groups is 1. The summed E-state index contributed by atoms with van der Waals surface area (Å²) in [6, 6.07) is 1.01. The monoisotopic (exact) mass is 509 g/mol. The topological polar surface area (TPSA) is 79.8 Å². The summed E-state index contributed by atoms with van der Waals surface area (Å²) in [5.41, 5.74) is 0.309. The number of sulfone groups is 1. The molecule has 2 aliphatic heterocycles. The van der Waals surface area contributed by atoms with E-state index in [1.807, 2.05) is 0 Å². The highest BCUT2D eigenvalue weighted by Crippen LogP contribution is 2.60. The molecule has 2 N–H and O–H groups in total. The Bertz CT molecular complexity index is 688. The highest BCUT2D eigenvalue weighted by molar-refractivity contribution is 14.0. The summed E-state index contributed by atoms with van der Waals surface area (Å²) >= 11 is 0. The number of rotatable bonds is 4. The van der Waals surface area contributed by atoms with Crippen molar-refractivity contribution in [2.75, 3.05) is 24.7 Å². The molecule has 0 radical (unpaired) electrons. The largest absolute Gasteiger partial charge is 0.377 e. The summed E-state index contributed by atoms with van der Waals surface area (Å²) < 4.78 is 29.5. The minimum absolute atomic E-state index is 0. The second kappa shape index (κ2) is 7.63. The number of halogens is 1. The molecule has 0 aromatic rings. The summed E-state index contributed by atoms with van der Waals surface area (Å²) in [7, 11) is -2.83. The van der Waals surface area contributed by atoms with Gasteiger partial charge in [-0.3, -0.25) is 4.99 Å². The predicted molar refractivity (Wildman–Crippen MR) is 116 cm³/mol. The van der Waals surface area contributed by atoms with Gasteiger partial charge < -0.3 is 15.4 Å². The van der Waals surface area contributed by atoms with E-state index in [0.29, 0.717) is 47.6 Å². The van der Waals surface area contributed by atoms with Crippen molar-refractivity contribution in [1.29, 1.82) is 0 Å². The Hall–Kier alpha value is -0.0900. The molecular weight excluding hydrogens is 477 g/mol. The third-order valence-electron chi connectivity index (χ3n) is 7.33. The second-order valence-corrected chi connectivity index (χ2v) is 11.4. The van der Waals surface area contributed by atoms with Gasteiger partial charge in [0.1, 0.15) is 0 Å². The number of guanidine groups is 1. The fourth-order valence-corrected chi connectivity index (χ4v) is 7.69. The van der Waals surface area contributed by atoms with E-state index in [-0.39, 0.29) is 29.9 Å². The molecule has 8 heteroatoms. The van der Waals surface area contributed by atoms with Crippen LogP contribution in [0, 0.1) is 17.3 Å². The van der Waals surface area contributed by atoms with Crippen LogP contribution in [0.4, 0.5) is 0 Å². The van der Waals surface area contributed by atoms with E-state index < -0.39 is 9.84 Å². The van der Waals surface area contributed by atoms with Crippen LogP contribution in [0.15, 0.2) is 4.99 Å². The zero-order valence-corrected chi connectivity index (χ0v) is 19.0. The lowest BCUT2D eigenvalue weighted by atomic mass is 9.54. The summed E-state index contributed by atoms with van der Waals surface area (Å²) in [4.78, 5) is 4.83. The van der Waals surface area contributed by atoms with Crippen molar-refractivity contribution in [1.82, 2.24) is 10.6 Å². The molecule has 154 valence electrons. The summed E-state index contributed by atoms with van der Waals surface area (Å²) in [5, 5.41) is 7.35. The number of fused-ring (bicyclic) bond motifs is 2. The summed E-state index contributed by atoms with van der Waals surface area (Å²) in [5.74, 6) is 2.35. The number of nitrogens with one attached hydrogen (secondary N) is 2. The molecule has 2 heterocycles. The van der Waals surface area contributed by atoms with Gasteiger partial charge in [-0.1, -0.05) is 12.8 Å². The molecule has 5 aliphatic rings. The average molecular weight is 509 g/mol. The molecule has 0 aromatic heterocycles. The zero-order valence-electron chi connectivity index (χ0n) is 15.9. The fraction of sp³-hybridized carbons (Fsp3) is 0.947. The highest BCUT2D eigenvalue weighted by Gasteiger charge is 2.65. The Balaban J connectivity index is 0.00000180. The Morgan fingerprint density at radius 2 is 1.89 bits per heavy atom. The van der Waals surface area contributed by atoms with Crippen LogP contribution in [0.3, 0.4) is 0 Å². The van der Waals surface area contributed by atoms with Crippen LogP contribution in [-0.2, 0) is 14.6 Å². The summed E-state index contributed by atoms with van der Waals surface area (Å²) in [6.45, 7) is 1.52. The lowest BCUT2D eigenvalue weighted by molar-refractivity contribution is -0.125. The van der Waals surface area contributed by atoms with Crippen molar-refractivity contribution in [3.05, 3.63) is 0 Å². The van der Waals surface area contributed by atoms with E-state index in [0.717, 1.165) is 25.4 Å². The maximum atomic E-state index is 11.7. The Kier molecular flexibility index (Phi) is 5.70. The first-order valence-electron chi connectivity index (χ1n) is 10.5. The highest BCUT2D eigenvalue weighted by atomic mass is 127. The maximum absolute atomic E-state index is 11.7. The van der Waals surface area contributed by atoms with Crippen LogP contribution in [0.5, 0.6) is 0 Å². The van der Waals surface area contributed by atoms with Crippen molar-refractivity contribution in [3.8, 4) is 0 Å². The van der Waals surface area contributed by atoms with Crippen LogP contribution < -0.4 is 10.6 Å². The maximum Gasteiger partial charge on any atom is 0.191 e. The van der Waals surface area contributed by atoms with Crippen LogP contribution >= 0.6 is 24.0 Å². The van der Waals surface area contributed by atoms with Crippen LogP contribution in [0.1, 0.15) is 51.4 Å². The molecule has 0 amide bonds. The molecule has 4 atom stereocenters. The van der Waals surface area contributed by atoms with Gasteiger partial charge in [0.05, 0.1) is 17.6 Å². The Morgan fingerprint density at radius 1 is 1.11 bits per heavy atom. The molecule has 6 nitrogen and oxygen atoms in total. The van der Waals surface area contributed by atoms with Gasteiger partial charge in [-0.05, 0) is 44.4 Å². The molecule has 3 aliphatic carbocycles. The van der Waals surface area contributed by atoms with E-state index in [1.54, 1.807) is 0 Å². The van der Waals surface area contributed by atoms with Crippen molar-refractivity contribution in [2.24, 2.45) is 22.2 Å². The van der Waals surface area contributed by atoms with Crippen molar-refractivity contribution in [3.63, 3.8) is 0 Å². The van der Waals surface area contributed by atoms with Crippen LogP contribution in [0.2, 0.25) is 0 Å². The molecule has 0 bridgehead atoms. The van der Waals surface area contributed by atoms with Crippen LogP contribution in [-0.4, -0.2) is 57.2 Å². The predicted octanol–water partition coefficient (Wildman–Crippen LogP) is 2.08. The minimum Gasteiger partial charge on any atom is -0.377 e. The number of hydrogen-bond donors (Lipinski definition) is 2. The smallest absolute Gasteiger partial charge is 0.191 e. The van der Waals surface area contributed by atoms with Gasteiger partial charge in [-0.15, -0.1) is 24.0 Å². The fourth-order valence-electron chi connectivity index (χ4n) is 5.84. The minimum atomic E-state index is -2.83. The van der Waals surface area contributed by atoms with E-state index in [2.05, 4.69) is 10.6 Å². The normalized spacial score (nSPS) is 38.9. The Morgan fingerprint density at radius 3 is 2.56 bits per heavy atom. The van der Waals surface area contributed by atoms with E-state index in [9.17, 15) is 8.42 Å². The van der Waals surface area contributed by atoms with Gasteiger partial charge >= 0.3 is 0 Å². The van der Waals surface area contributed by atoms with Gasteiger partial charge in [0.25, 0.3) is 0 Å². The lowest BCUT2D eigenvalue weighted by Crippen LogP contribution is -2.69. The second-order valence-electron chi connectivity index (χ2n) is 9.18. The van der Waals surface area contributed by atoms with Gasteiger partial charge in [0.15, 0.2) is 15.8 Å². The van der Waals surface area contributed by atoms with E-state index >= 15 is 0 Å². The molecule has 5 fully saturated rings. The SMILES string of the molecule is I.O=S1(=O)CCC(CN=C(NC2CC2)NC2C3CCOC3C23CCCC3)C1. The zero-order chi connectivity index (χ0) is 17.8. The molecule has 0 aromatic carbocycles. The van der Waals surface area contributed by atoms with Gasteiger partial charge in [-0.2, -0.15) is 0 Å². The summed E-state index contributed by atoms with van der Waals surface area (Å²) in [6.07, 6.45) is 9.95. The molecule has 2 saturated heterocycles. The molecule has 1 spiro atoms. The van der Waals surface area contributed by atoms with E-state index in [4.69, 9.17) is 9.73 Å².